The minimum atomic E-state index is 0.394. The number of rotatable bonds is 7. The number of halogens is 1. The second kappa shape index (κ2) is 7.46. The van der Waals surface area contributed by atoms with Crippen molar-refractivity contribution in [2.24, 2.45) is 0 Å². The monoisotopic (exact) mass is 321 g/mol. The summed E-state index contributed by atoms with van der Waals surface area (Å²) in [5.41, 5.74) is 1.32. The van der Waals surface area contributed by atoms with Gasteiger partial charge in [0.15, 0.2) is 0 Å². The molecule has 2 rings (SSSR count). The Kier molecular flexibility index (Phi) is 5.61. The molecule has 0 fully saturated rings. The number of aryl methyl sites for hydroxylation is 1. The molecule has 0 bridgehead atoms. The SMILES string of the molecule is CC(NCCCCn1ccnc1)c1cccc(Br)c1. The van der Waals surface area contributed by atoms with Crippen LogP contribution in [-0.2, 0) is 6.54 Å². The summed E-state index contributed by atoms with van der Waals surface area (Å²) in [6.07, 6.45) is 8.06. The molecule has 0 amide bonds. The molecule has 1 atom stereocenters. The second-order valence-electron chi connectivity index (χ2n) is 4.74. The van der Waals surface area contributed by atoms with Gasteiger partial charge in [0.25, 0.3) is 0 Å². The Labute approximate surface area is 123 Å². The number of unbranched alkanes of at least 4 members (excludes halogenated alkanes) is 1. The standard InChI is InChI=1S/C15H20BrN3/c1-13(14-5-4-6-15(16)11-14)18-7-2-3-9-19-10-8-17-12-19/h4-6,8,10-13,18H,2-3,7,9H2,1H3. The molecular weight excluding hydrogens is 302 g/mol. The molecule has 0 saturated heterocycles. The normalized spacial score (nSPS) is 12.5. The molecule has 1 N–H and O–H groups in total. The Balaban J connectivity index is 1.65. The lowest BCUT2D eigenvalue weighted by molar-refractivity contribution is 0.523. The Morgan fingerprint density at radius 3 is 3.00 bits per heavy atom. The van der Waals surface area contributed by atoms with Crippen molar-refractivity contribution < 1.29 is 0 Å². The van der Waals surface area contributed by atoms with Crippen molar-refractivity contribution in [1.82, 2.24) is 14.9 Å². The Bertz CT molecular complexity index is 482. The van der Waals surface area contributed by atoms with E-state index < -0.39 is 0 Å². The topological polar surface area (TPSA) is 29.9 Å². The summed E-state index contributed by atoms with van der Waals surface area (Å²) >= 11 is 3.51. The van der Waals surface area contributed by atoms with Crippen molar-refractivity contribution in [2.75, 3.05) is 6.54 Å². The second-order valence-corrected chi connectivity index (χ2v) is 5.65. The van der Waals surface area contributed by atoms with E-state index in [2.05, 4.69) is 62.0 Å². The van der Waals surface area contributed by atoms with E-state index in [9.17, 15) is 0 Å². The highest BCUT2D eigenvalue weighted by Crippen LogP contribution is 2.17. The zero-order valence-electron chi connectivity index (χ0n) is 11.2. The van der Waals surface area contributed by atoms with Gasteiger partial charge in [0, 0.05) is 29.5 Å². The van der Waals surface area contributed by atoms with Crippen LogP contribution in [0.1, 0.15) is 31.4 Å². The minimum absolute atomic E-state index is 0.394. The third kappa shape index (κ3) is 4.80. The van der Waals surface area contributed by atoms with Crippen LogP contribution < -0.4 is 5.32 Å². The van der Waals surface area contributed by atoms with Gasteiger partial charge in [-0.15, -0.1) is 0 Å². The first kappa shape index (κ1) is 14.3. The molecule has 19 heavy (non-hydrogen) atoms. The van der Waals surface area contributed by atoms with Gasteiger partial charge in [-0.3, -0.25) is 0 Å². The first-order valence-electron chi connectivity index (χ1n) is 6.70. The van der Waals surface area contributed by atoms with Crippen LogP contribution in [0.5, 0.6) is 0 Å². The average Bonchev–Trinajstić information content (AvgIpc) is 2.91. The van der Waals surface area contributed by atoms with E-state index >= 15 is 0 Å². The number of imidazole rings is 1. The maximum atomic E-state index is 4.04. The molecule has 1 aromatic heterocycles. The zero-order valence-corrected chi connectivity index (χ0v) is 12.8. The highest BCUT2D eigenvalue weighted by molar-refractivity contribution is 9.10. The van der Waals surface area contributed by atoms with Crippen molar-refractivity contribution >= 4 is 15.9 Å². The van der Waals surface area contributed by atoms with Gasteiger partial charge in [-0.05, 0) is 44.0 Å². The Morgan fingerprint density at radius 1 is 1.37 bits per heavy atom. The van der Waals surface area contributed by atoms with Crippen LogP contribution in [0.4, 0.5) is 0 Å². The van der Waals surface area contributed by atoms with Crippen molar-refractivity contribution in [3.05, 3.63) is 53.0 Å². The smallest absolute Gasteiger partial charge is 0.0945 e. The first-order chi connectivity index (χ1) is 9.25. The highest BCUT2D eigenvalue weighted by Gasteiger charge is 2.04. The molecule has 0 saturated carbocycles. The van der Waals surface area contributed by atoms with Crippen LogP contribution in [-0.4, -0.2) is 16.1 Å². The lowest BCUT2D eigenvalue weighted by Gasteiger charge is -2.14. The zero-order chi connectivity index (χ0) is 13.5. The van der Waals surface area contributed by atoms with Gasteiger partial charge in [-0.25, -0.2) is 4.98 Å². The molecule has 2 aromatic rings. The van der Waals surface area contributed by atoms with Crippen LogP contribution in [0.15, 0.2) is 47.5 Å². The van der Waals surface area contributed by atoms with Gasteiger partial charge in [0.2, 0.25) is 0 Å². The molecule has 1 aromatic carbocycles. The molecule has 0 aliphatic carbocycles. The summed E-state index contributed by atoms with van der Waals surface area (Å²) in [5.74, 6) is 0. The van der Waals surface area contributed by atoms with E-state index in [4.69, 9.17) is 0 Å². The number of hydrogen-bond donors (Lipinski definition) is 1. The van der Waals surface area contributed by atoms with Crippen LogP contribution in [0.25, 0.3) is 0 Å². The quantitative estimate of drug-likeness (QED) is 0.786. The van der Waals surface area contributed by atoms with E-state index in [-0.39, 0.29) is 0 Å². The predicted octanol–water partition coefficient (Wildman–Crippen LogP) is 3.78. The first-order valence-corrected chi connectivity index (χ1v) is 7.49. The number of hydrogen-bond acceptors (Lipinski definition) is 2. The van der Waals surface area contributed by atoms with Gasteiger partial charge in [-0.2, -0.15) is 0 Å². The Hall–Kier alpha value is -1.13. The van der Waals surface area contributed by atoms with Crippen molar-refractivity contribution in [1.29, 1.82) is 0 Å². The fourth-order valence-electron chi connectivity index (χ4n) is 2.05. The fourth-order valence-corrected chi connectivity index (χ4v) is 2.47. The lowest BCUT2D eigenvalue weighted by atomic mass is 10.1. The van der Waals surface area contributed by atoms with Gasteiger partial charge < -0.3 is 9.88 Å². The molecule has 3 nitrogen and oxygen atoms in total. The average molecular weight is 322 g/mol. The summed E-state index contributed by atoms with van der Waals surface area (Å²) < 4.78 is 3.26. The maximum Gasteiger partial charge on any atom is 0.0945 e. The van der Waals surface area contributed by atoms with Crippen LogP contribution >= 0.6 is 15.9 Å². The summed E-state index contributed by atoms with van der Waals surface area (Å²) in [6, 6.07) is 8.86. The number of aromatic nitrogens is 2. The van der Waals surface area contributed by atoms with Gasteiger partial charge in [-0.1, -0.05) is 28.1 Å². The molecule has 0 aliphatic heterocycles. The van der Waals surface area contributed by atoms with Crippen LogP contribution in [0.3, 0.4) is 0 Å². The molecule has 102 valence electrons. The van der Waals surface area contributed by atoms with Crippen LogP contribution in [0.2, 0.25) is 0 Å². The fraction of sp³-hybridized carbons (Fsp3) is 0.400. The van der Waals surface area contributed by atoms with Gasteiger partial charge >= 0.3 is 0 Å². The van der Waals surface area contributed by atoms with E-state index in [1.54, 1.807) is 0 Å². The molecule has 4 heteroatoms. The summed E-state index contributed by atoms with van der Waals surface area (Å²) in [7, 11) is 0. The van der Waals surface area contributed by atoms with E-state index in [0.717, 1.165) is 17.6 Å². The van der Waals surface area contributed by atoms with Crippen LogP contribution in [0, 0.1) is 0 Å². The number of nitrogens with zero attached hydrogens (tertiary/aromatic N) is 2. The third-order valence-corrected chi connectivity index (χ3v) is 3.69. The third-order valence-electron chi connectivity index (χ3n) is 3.20. The molecule has 1 heterocycles. The highest BCUT2D eigenvalue weighted by atomic mass is 79.9. The molecule has 0 radical (unpaired) electrons. The molecular formula is C15H20BrN3. The van der Waals surface area contributed by atoms with Crippen molar-refractivity contribution in [3.63, 3.8) is 0 Å². The summed E-state index contributed by atoms with van der Waals surface area (Å²) in [6.45, 7) is 4.30. The lowest BCUT2D eigenvalue weighted by Crippen LogP contribution is -2.20. The largest absolute Gasteiger partial charge is 0.337 e. The van der Waals surface area contributed by atoms with E-state index in [1.807, 2.05) is 18.7 Å². The van der Waals surface area contributed by atoms with Crippen molar-refractivity contribution in [2.45, 2.75) is 32.4 Å². The maximum absolute atomic E-state index is 4.04. The molecule has 0 spiro atoms. The van der Waals surface area contributed by atoms with Gasteiger partial charge in [0.05, 0.1) is 6.33 Å². The minimum Gasteiger partial charge on any atom is -0.337 e. The number of benzene rings is 1. The van der Waals surface area contributed by atoms with E-state index in [1.165, 1.54) is 18.4 Å². The summed E-state index contributed by atoms with van der Waals surface area (Å²) in [5, 5.41) is 3.56. The summed E-state index contributed by atoms with van der Waals surface area (Å²) in [4.78, 5) is 4.04. The number of nitrogens with one attached hydrogen (secondary N) is 1. The molecule has 1 unspecified atom stereocenters. The van der Waals surface area contributed by atoms with Crippen molar-refractivity contribution in [3.8, 4) is 0 Å². The van der Waals surface area contributed by atoms with E-state index in [0.29, 0.717) is 6.04 Å². The van der Waals surface area contributed by atoms with Gasteiger partial charge in [0.1, 0.15) is 0 Å². The molecule has 0 aliphatic rings. The Morgan fingerprint density at radius 2 is 2.26 bits per heavy atom. The predicted molar refractivity (Wildman–Crippen MR) is 82.0 cm³/mol.